The van der Waals surface area contributed by atoms with Crippen molar-refractivity contribution in [3.8, 4) is 12.1 Å². The smallest absolute Gasteiger partial charge is 0.169 e. The van der Waals surface area contributed by atoms with Crippen molar-refractivity contribution in [1.29, 1.82) is 10.5 Å². The van der Waals surface area contributed by atoms with E-state index in [1.54, 1.807) is 0 Å². The monoisotopic (exact) mass is 243 g/mol. The average molecular weight is 243 g/mol. The summed E-state index contributed by atoms with van der Waals surface area (Å²) in [4.78, 5) is 1.88. The van der Waals surface area contributed by atoms with Gasteiger partial charge < -0.3 is 9.64 Å². The molecule has 1 aliphatic heterocycles. The molecule has 1 unspecified atom stereocenters. The van der Waals surface area contributed by atoms with Crippen LogP contribution in [0.5, 0.6) is 0 Å². The van der Waals surface area contributed by atoms with Crippen molar-refractivity contribution in [2.24, 2.45) is 0 Å². The standard InChI is InChI=1S/C12H13N5O/c1-8-9(2)15-16-12(11(8)6-14)17-3-4-18-10(5-13)7-17/h10H,3-4,7H2,1-2H3. The minimum atomic E-state index is -0.478. The van der Waals surface area contributed by atoms with Crippen molar-refractivity contribution in [2.45, 2.75) is 20.0 Å². The molecule has 1 saturated heterocycles. The molecule has 1 atom stereocenters. The molecule has 1 aromatic heterocycles. The Bertz CT molecular complexity index is 543. The van der Waals surface area contributed by atoms with E-state index in [1.165, 1.54) is 0 Å². The molecule has 92 valence electrons. The first kappa shape index (κ1) is 12.3. The molecule has 2 heterocycles. The van der Waals surface area contributed by atoms with Crippen LogP contribution in [0.25, 0.3) is 0 Å². The van der Waals surface area contributed by atoms with E-state index in [0.29, 0.717) is 31.1 Å². The summed E-state index contributed by atoms with van der Waals surface area (Å²) in [6.07, 6.45) is -0.478. The second kappa shape index (κ2) is 4.99. The Morgan fingerprint density at radius 3 is 2.78 bits per heavy atom. The summed E-state index contributed by atoms with van der Waals surface area (Å²) >= 11 is 0. The summed E-state index contributed by atoms with van der Waals surface area (Å²) in [5, 5.41) is 26.3. The molecule has 1 aromatic rings. The number of ether oxygens (including phenoxy) is 1. The molecule has 2 rings (SSSR count). The summed E-state index contributed by atoms with van der Waals surface area (Å²) in [7, 11) is 0. The maximum atomic E-state index is 9.24. The van der Waals surface area contributed by atoms with Crippen LogP contribution in [0.1, 0.15) is 16.8 Å². The molecule has 6 nitrogen and oxygen atoms in total. The number of anilines is 1. The summed E-state index contributed by atoms with van der Waals surface area (Å²) < 4.78 is 5.27. The van der Waals surface area contributed by atoms with E-state index >= 15 is 0 Å². The Morgan fingerprint density at radius 2 is 2.11 bits per heavy atom. The zero-order valence-corrected chi connectivity index (χ0v) is 10.3. The van der Waals surface area contributed by atoms with Crippen molar-refractivity contribution in [2.75, 3.05) is 24.6 Å². The molecule has 0 aromatic carbocycles. The van der Waals surface area contributed by atoms with Crippen molar-refractivity contribution in [1.82, 2.24) is 10.2 Å². The SMILES string of the molecule is Cc1nnc(N2CCOC(C#N)C2)c(C#N)c1C. The zero-order valence-electron chi connectivity index (χ0n) is 10.3. The predicted octanol–water partition coefficient (Wildman–Crippen LogP) is 0.694. The van der Waals surface area contributed by atoms with Crippen molar-refractivity contribution < 1.29 is 4.74 Å². The van der Waals surface area contributed by atoms with Crippen LogP contribution in [-0.4, -0.2) is 36.0 Å². The first-order valence-corrected chi connectivity index (χ1v) is 5.67. The van der Waals surface area contributed by atoms with Gasteiger partial charge in [-0.3, -0.25) is 0 Å². The van der Waals surface area contributed by atoms with Gasteiger partial charge in [0, 0.05) is 6.54 Å². The lowest BCUT2D eigenvalue weighted by Crippen LogP contribution is -2.42. The van der Waals surface area contributed by atoms with Gasteiger partial charge in [0.05, 0.1) is 24.9 Å². The molecule has 0 saturated carbocycles. The van der Waals surface area contributed by atoms with E-state index < -0.39 is 6.10 Å². The van der Waals surface area contributed by atoms with E-state index in [2.05, 4.69) is 22.3 Å². The second-order valence-corrected chi connectivity index (χ2v) is 4.16. The molecule has 1 fully saturated rings. The minimum Gasteiger partial charge on any atom is -0.360 e. The quantitative estimate of drug-likeness (QED) is 0.721. The van der Waals surface area contributed by atoms with E-state index in [1.807, 2.05) is 18.7 Å². The van der Waals surface area contributed by atoms with Gasteiger partial charge in [-0.05, 0) is 19.4 Å². The molecule has 6 heteroatoms. The molecule has 0 N–H and O–H groups in total. The lowest BCUT2D eigenvalue weighted by Gasteiger charge is -2.31. The fourth-order valence-corrected chi connectivity index (χ4v) is 1.87. The highest BCUT2D eigenvalue weighted by Gasteiger charge is 2.24. The molecule has 1 aliphatic rings. The van der Waals surface area contributed by atoms with Crippen molar-refractivity contribution in [3.05, 3.63) is 16.8 Å². The zero-order chi connectivity index (χ0) is 13.1. The second-order valence-electron chi connectivity index (χ2n) is 4.16. The van der Waals surface area contributed by atoms with Gasteiger partial charge in [0.15, 0.2) is 11.9 Å². The average Bonchev–Trinajstić information content (AvgIpc) is 2.41. The molecule has 0 bridgehead atoms. The summed E-state index contributed by atoms with van der Waals surface area (Å²) in [5.41, 5.74) is 2.11. The van der Waals surface area contributed by atoms with Crippen molar-refractivity contribution in [3.63, 3.8) is 0 Å². The van der Waals surface area contributed by atoms with Gasteiger partial charge in [-0.15, -0.1) is 5.10 Å². The van der Waals surface area contributed by atoms with Gasteiger partial charge in [-0.1, -0.05) is 0 Å². The number of morpholine rings is 1. The number of aromatic nitrogens is 2. The van der Waals surface area contributed by atoms with Crippen LogP contribution in [0.2, 0.25) is 0 Å². The predicted molar refractivity (Wildman–Crippen MR) is 63.8 cm³/mol. The highest BCUT2D eigenvalue weighted by Crippen LogP contribution is 2.22. The van der Waals surface area contributed by atoms with Gasteiger partial charge in [0.25, 0.3) is 0 Å². The van der Waals surface area contributed by atoms with Crippen LogP contribution in [0.3, 0.4) is 0 Å². The highest BCUT2D eigenvalue weighted by molar-refractivity contribution is 5.57. The van der Waals surface area contributed by atoms with Crippen LogP contribution < -0.4 is 4.90 Å². The summed E-state index contributed by atoms with van der Waals surface area (Å²) in [5.74, 6) is 0.546. The molecule has 0 aliphatic carbocycles. The number of hydrogen-bond acceptors (Lipinski definition) is 6. The highest BCUT2D eigenvalue weighted by atomic mass is 16.5. The molecule has 0 spiro atoms. The fraction of sp³-hybridized carbons (Fsp3) is 0.500. The third kappa shape index (κ3) is 2.11. The number of hydrogen-bond donors (Lipinski definition) is 0. The first-order valence-electron chi connectivity index (χ1n) is 5.67. The third-order valence-electron chi connectivity index (χ3n) is 3.06. The Balaban J connectivity index is 2.37. The topological polar surface area (TPSA) is 85.8 Å². The summed E-state index contributed by atoms with van der Waals surface area (Å²) in [6, 6.07) is 4.24. The largest absolute Gasteiger partial charge is 0.360 e. The van der Waals surface area contributed by atoms with Crippen LogP contribution in [0.15, 0.2) is 0 Å². The van der Waals surface area contributed by atoms with Crippen LogP contribution in [0.4, 0.5) is 5.82 Å². The lowest BCUT2D eigenvalue weighted by molar-refractivity contribution is 0.0760. The Hall–Kier alpha value is -2.18. The third-order valence-corrected chi connectivity index (χ3v) is 3.06. The van der Waals surface area contributed by atoms with Gasteiger partial charge in [-0.25, -0.2) is 0 Å². The van der Waals surface area contributed by atoms with Gasteiger partial charge in [0.1, 0.15) is 11.6 Å². The molecule has 18 heavy (non-hydrogen) atoms. The Kier molecular flexibility index (Phi) is 3.40. The number of rotatable bonds is 1. The van der Waals surface area contributed by atoms with E-state index in [4.69, 9.17) is 10.00 Å². The lowest BCUT2D eigenvalue weighted by atomic mass is 10.1. The van der Waals surface area contributed by atoms with Crippen LogP contribution >= 0.6 is 0 Å². The van der Waals surface area contributed by atoms with E-state index in [0.717, 1.165) is 11.3 Å². The Labute approximate surface area is 105 Å². The molecule has 0 amide bonds. The maximum absolute atomic E-state index is 9.24. The Morgan fingerprint density at radius 1 is 1.33 bits per heavy atom. The molecular weight excluding hydrogens is 230 g/mol. The number of nitrogens with zero attached hydrogens (tertiary/aromatic N) is 5. The minimum absolute atomic E-state index is 0.419. The van der Waals surface area contributed by atoms with E-state index in [-0.39, 0.29) is 0 Å². The van der Waals surface area contributed by atoms with Gasteiger partial charge in [-0.2, -0.15) is 15.6 Å². The number of nitriles is 2. The first-order chi connectivity index (χ1) is 8.67. The molecular formula is C12H13N5O. The number of aryl methyl sites for hydroxylation is 1. The fourth-order valence-electron chi connectivity index (χ4n) is 1.87. The van der Waals surface area contributed by atoms with Gasteiger partial charge in [0.2, 0.25) is 0 Å². The molecule has 0 radical (unpaired) electrons. The van der Waals surface area contributed by atoms with Crippen LogP contribution in [-0.2, 0) is 4.74 Å². The maximum Gasteiger partial charge on any atom is 0.169 e. The van der Waals surface area contributed by atoms with Crippen molar-refractivity contribution >= 4 is 5.82 Å². The summed E-state index contributed by atoms with van der Waals surface area (Å²) in [6.45, 7) is 5.17. The van der Waals surface area contributed by atoms with Crippen LogP contribution in [0, 0.1) is 36.5 Å². The normalized spacial score (nSPS) is 19.1. The van der Waals surface area contributed by atoms with E-state index in [9.17, 15) is 5.26 Å². The van der Waals surface area contributed by atoms with Gasteiger partial charge >= 0.3 is 0 Å².